The van der Waals surface area contributed by atoms with Crippen LogP contribution >= 0.6 is 0 Å². The molecule has 0 saturated carbocycles. The van der Waals surface area contributed by atoms with Gasteiger partial charge in [-0.2, -0.15) is 0 Å². The minimum atomic E-state index is 0.146. The highest BCUT2D eigenvalue weighted by Gasteiger charge is 2.28. The highest BCUT2D eigenvalue weighted by Crippen LogP contribution is 2.28. The van der Waals surface area contributed by atoms with Crippen molar-refractivity contribution < 1.29 is 4.79 Å². The fourth-order valence-electron chi connectivity index (χ4n) is 4.08. The molecular weight excluding hydrogens is 348 g/mol. The lowest BCUT2D eigenvalue weighted by molar-refractivity contribution is 0.0702. The van der Waals surface area contributed by atoms with E-state index in [2.05, 4.69) is 33.6 Å². The first-order valence-electron chi connectivity index (χ1n) is 10.0. The third kappa shape index (κ3) is 3.84. The fraction of sp³-hybridized carbons (Fsp3) is 0.348. The Morgan fingerprint density at radius 3 is 2.89 bits per heavy atom. The van der Waals surface area contributed by atoms with Crippen molar-refractivity contribution in [2.75, 3.05) is 13.1 Å². The molecule has 3 heterocycles. The van der Waals surface area contributed by atoms with Crippen LogP contribution in [0, 0.1) is 0 Å². The van der Waals surface area contributed by atoms with Crippen LogP contribution in [0.5, 0.6) is 0 Å². The van der Waals surface area contributed by atoms with Gasteiger partial charge in [-0.05, 0) is 42.5 Å². The lowest BCUT2D eigenvalue weighted by atomic mass is 9.95. The lowest BCUT2D eigenvalue weighted by Crippen LogP contribution is -2.40. The van der Waals surface area contributed by atoms with Crippen LogP contribution in [0.25, 0.3) is 0 Å². The number of piperidine rings is 1. The number of benzene rings is 1. The third-order valence-corrected chi connectivity index (χ3v) is 5.53. The van der Waals surface area contributed by atoms with Crippen LogP contribution in [-0.4, -0.2) is 38.4 Å². The maximum absolute atomic E-state index is 13.2. The van der Waals surface area contributed by atoms with E-state index in [1.54, 1.807) is 6.20 Å². The van der Waals surface area contributed by atoms with E-state index in [-0.39, 0.29) is 11.8 Å². The first-order valence-corrected chi connectivity index (χ1v) is 10.0. The van der Waals surface area contributed by atoms with Crippen LogP contribution in [0.15, 0.2) is 61.2 Å². The predicted molar refractivity (Wildman–Crippen MR) is 109 cm³/mol. The van der Waals surface area contributed by atoms with E-state index < -0.39 is 0 Å². The Morgan fingerprint density at radius 2 is 2.07 bits per heavy atom. The van der Waals surface area contributed by atoms with E-state index in [1.165, 1.54) is 0 Å². The largest absolute Gasteiger partial charge is 0.338 e. The molecule has 0 bridgehead atoms. The first kappa shape index (κ1) is 18.4. The van der Waals surface area contributed by atoms with Gasteiger partial charge in [0.1, 0.15) is 5.82 Å². The average Bonchev–Trinajstić information content (AvgIpc) is 3.22. The Balaban J connectivity index is 1.52. The van der Waals surface area contributed by atoms with E-state index in [0.717, 1.165) is 61.4 Å². The summed E-state index contributed by atoms with van der Waals surface area (Å²) in [6.45, 7) is 4.39. The number of hydrogen-bond donors (Lipinski definition) is 0. The third-order valence-electron chi connectivity index (χ3n) is 5.53. The summed E-state index contributed by atoms with van der Waals surface area (Å²) in [5.74, 6) is 1.47. The van der Waals surface area contributed by atoms with Crippen LogP contribution in [0.3, 0.4) is 0 Å². The van der Waals surface area contributed by atoms with Crippen LogP contribution in [-0.2, 0) is 13.0 Å². The Kier molecular flexibility index (Phi) is 5.51. The summed E-state index contributed by atoms with van der Waals surface area (Å²) in [4.78, 5) is 24.0. The smallest absolute Gasteiger partial charge is 0.254 e. The van der Waals surface area contributed by atoms with Gasteiger partial charge in [0.15, 0.2) is 0 Å². The summed E-state index contributed by atoms with van der Waals surface area (Å²) in [5.41, 5.74) is 3.11. The molecule has 0 radical (unpaired) electrons. The number of nitrogens with zero attached hydrogens (tertiary/aromatic N) is 4. The second-order valence-corrected chi connectivity index (χ2v) is 7.38. The van der Waals surface area contributed by atoms with Gasteiger partial charge < -0.3 is 9.47 Å². The van der Waals surface area contributed by atoms with Crippen molar-refractivity contribution in [1.82, 2.24) is 19.4 Å². The normalized spacial score (nSPS) is 16.9. The molecule has 2 aromatic heterocycles. The molecule has 3 aromatic rings. The highest BCUT2D eigenvalue weighted by atomic mass is 16.2. The van der Waals surface area contributed by atoms with Gasteiger partial charge in [-0.3, -0.25) is 9.78 Å². The van der Waals surface area contributed by atoms with Crippen LogP contribution in [0.4, 0.5) is 0 Å². The number of pyridine rings is 1. The molecule has 1 saturated heterocycles. The number of rotatable bonds is 5. The second kappa shape index (κ2) is 8.38. The van der Waals surface area contributed by atoms with Crippen molar-refractivity contribution in [1.29, 1.82) is 0 Å². The number of aromatic nitrogens is 3. The average molecular weight is 374 g/mol. The topological polar surface area (TPSA) is 51.0 Å². The van der Waals surface area contributed by atoms with E-state index >= 15 is 0 Å². The molecule has 4 rings (SSSR count). The van der Waals surface area contributed by atoms with Gasteiger partial charge in [0, 0.05) is 49.4 Å². The van der Waals surface area contributed by atoms with Crippen LogP contribution < -0.4 is 0 Å². The Morgan fingerprint density at radius 1 is 1.18 bits per heavy atom. The summed E-state index contributed by atoms with van der Waals surface area (Å²) in [6, 6.07) is 12.0. The number of amides is 1. The Bertz CT molecular complexity index is 935. The molecule has 1 aromatic carbocycles. The van der Waals surface area contributed by atoms with E-state index in [0.29, 0.717) is 0 Å². The quantitative estimate of drug-likeness (QED) is 0.680. The Hall–Kier alpha value is -2.95. The molecule has 1 aliphatic rings. The van der Waals surface area contributed by atoms with Crippen molar-refractivity contribution in [3.05, 3.63) is 83.7 Å². The van der Waals surface area contributed by atoms with Gasteiger partial charge >= 0.3 is 0 Å². The number of aryl methyl sites for hydroxylation is 1. The molecule has 1 unspecified atom stereocenters. The van der Waals surface area contributed by atoms with Gasteiger partial charge in [-0.15, -0.1) is 0 Å². The minimum Gasteiger partial charge on any atom is -0.338 e. The highest BCUT2D eigenvalue weighted by molar-refractivity contribution is 5.95. The van der Waals surface area contributed by atoms with Crippen molar-refractivity contribution in [2.45, 2.75) is 38.6 Å². The van der Waals surface area contributed by atoms with Gasteiger partial charge in [-0.25, -0.2) is 4.98 Å². The van der Waals surface area contributed by atoms with Gasteiger partial charge in [0.2, 0.25) is 0 Å². The maximum Gasteiger partial charge on any atom is 0.254 e. The summed E-state index contributed by atoms with van der Waals surface area (Å²) >= 11 is 0. The zero-order valence-electron chi connectivity index (χ0n) is 16.3. The van der Waals surface area contributed by atoms with Crippen LogP contribution in [0.1, 0.15) is 53.0 Å². The van der Waals surface area contributed by atoms with Crippen LogP contribution in [0.2, 0.25) is 0 Å². The number of carbonyl (C=O) groups is 1. The monoisotopic (exact) mass is 374 g/mol. The zero-order valence-corrected chi connectivity index (χ0v) is 16.3. The standard InChI is InChI=1S/C23H26N4O/c1-2-19-8-3-4-10-21(19)23(28)27-13-6-9-20(17-27)22-25-12-14-26(22)16-18-7-5-11-24-15-18/h3-5,7-8,10-12,14-15,20H,2,6,9,13,16-17H2,1H3. The first-order chi connectivity index (χ1) is 13.8. The second-order valence-electron chi connectivity index (χ2n) is 7.38. The summed E-state index contributed by atoms with van der Waals surface area (Å²) in [7, 11) is 0. The summed E-state index contributed by atoms with van der Waals surface area (Å²) < 4.78 is 2.19. The number of imidazole rings is 1. The van der Waals surface area contributed by atoms with E-state index in [4.69, 9.17) is 0 Å². The molecule has 5 heteroatoms. The number of hydrogen-bond acceptors (Lipinski definition) is 3. The molecule has 1 amide bonds. The van der Waals surface area contributed by atoms with Gasteiger partial charge in [-0.1, -0.05) is 31.2 Å². The molecule has 0 spiro atoms. The summed E-state index contributed by atoms with van der Waals surface area (Å²) in [6.07, 6.45) is 10.5. The molecule has 28 heavy (non-hydrogen) atoms. The maximum atomic E-state index is 13.2. The molecule has 144 valence electrons. The van der Waals surface area contributed by atoms with Crippen molar-refractivity contribution in [2.24, 2.45) is 0 Å². The molecule has 0 N–H and O–H groups in total. The summed E-state index contributed by atoms with van der Waals surface area (Å²) in [5, 5.41) is 0. The predicted octanol–water partition coefficient (Wildman–Crippen LogP) is 3.91. The number of carbonyl (C=O) groups excluding carboxylic acids is 1. The number of likely N-dealkylation sites (tertiary alicyclic amines) is 1. The van der Waals surface area contributed by atoms with Crippen molar-refractivity contribution in [3.8, 4) is 0 Å². The molecule has 1 aliphatic heterocycles. The molecular formula is C23H26N4O. The Labute approximate surface area is 166 Å². The zero-order chi connectivity index (χ0) is 19.3. The SMILES string of the molecule is CCc1ccccc1C(=O)N1CCCC(c2nccn2Cc2cccnc2)C1. The molecule has 5 nitrogen and oxygen atoms in total. The van der Waals surface area contributed by atoms with Crippen molar-refractivity contribution in [3.63, 3.8) is 0 Å². The van der Waals surface area contributed by atoms with E-state index in [9.17, 15) is 4.79 Å². The van der Waals surface area contributed by atoms with Gasteiger partial charge in [0.05, 0.1) is 6.54 Å². The molecule has 1 atom stereocenters. The van der Waals surface area contributed by atoms with E-state index in [1.807, 2.05) is 47.8 Å². The molecule has 1 fully saturated rings. The molecule has 0 aliphatic carbocycles. The fourth-order valence-corrected chi connectivity index (χ4v) is 4.08. The minimum absolute atomic E-state index is 0.146. The van der Waals surface area contributed by atoms with Gasteiger partial charge in [0.25, 0.3) is 5.91 Å². The van der Waals surface area contributed by atoms with Crippen molar-refractivity contribution >= 4 is 5.91 Å². The lowest BCUT2D eigenvalue weighted by Gasteiger charge is -2.33.